The van der Waals surface area contributed by atoms with E-state index in [9.17, 15) is 20.1 Å². The number of carboxylic acid groups (broad SMARTS) is 1. The van der Waals surface area contributed by atoms with Gasteiger partial charge in [0.2, 0.25) is 0 Å². The first-order chi connectivity index (χ1) is 11.0. The van der Waals surface area contributed by atoms with Crippen molar-refractivity contribution in [2.75, 3.05) is 0 Å². The number of aliphatic hydroxyl groups excluding tert-OH is 3. The van der Waals surface area contributed by atoms with Gasteiger partial charge < -0.3 is 20.4 Å². The third-order valence-electron chi connectivity index (χ3n) is 3.60. The molecule has 0 bridgehead atoms. The molecule has 0 fully saturated rings. The Morgan fingerprint density at radius 1 is 0.957 bits per heavy atom. The number of rotatable bonds is 14. The van der Waals surface area contributed by atoms with Gasteiger partial charge in [0.25, 0.3) is 0 Å². The molecule has 0 aliphatic heterocycles. The molecule has 0 aromatic rings. The lowest BCUT2D eigenvalue weighted by Crippen LogP contribution is -2.24. The predicted octanol–water partition coefficient (Wildman–Crippen LogP) is 2.80. The molecular formula is C18H32O5. The van der Waals surface area contributed by atoms with Crippen LogP contribution in [-0.4, -0.2) is 44.7 Å². The molecule has 5 heteroatoms. The van der Waals surface area contributed by atoms with Crippen LogP contribution in [0, 0.1) is 0 Å². The van der Waals surface area contributed by atoms with E-state index in [0.717, 1.165) is 32.1 Å². The van der Waals surface area contributed by atoms with E-state index in [1.807, 2.05) is 19.1 Å². The van der Waals surface area contributed by atoms with Gasteiger partial charge >= 0.3 is 5.97 Å². The van der Waals surface area contributed by atoms with Gasteiger partial charge in [-0.3, -0.25) is 4.79 Å². The summed E-state index contributed by atoms with van der Waals surface area (Å²) in [5, 5.41) is 37.8. The summed E-state index contributed by atoms with van der Waals surface area (Å²) in [5.41, 5.74) is 0. The molecule has 0 aliphatic rings. The maximum Gasteiger partial charge on any atom is 0.303 e. The molecule has 0 radical (unpaired) electrons. The first-order valence-corrected chi connectivity index (χ1v) is 8.56. The van der Waals surface area contributed by atoms with Crippen LogP contribution in [0.2, 0.25) is 0 Å². The number of carbonyl (C=O) groups is 1. The fourth-order valence-electron chi connectivity index (χ4n) is 2.18. The quantitative estimate of drug-likeness (QED) is 0.290. The zero-order valence-electron chi connectivity index (χ0n) is 14.1. The van der Waals surface area contributed by atoms with E-state index in [0.29, 0.717) is 19.3 Å². The first-order valence-electron chi connectivity index (χ1n) is 8.56. The molecular weight excluding hydrogens is 296 g/mol. The van der Waals surface area contributed by atoms with Crippen LogP contribution >= 0.6 is 0 Å². The van der Waals surface area contributed by atoms with Gasteiger partial charge in [0.1, 0.15) is 0 Å². The summed E-state index contributed by atoms with van der Waals surface area (Å²) in [6.45, 7) is 2.02. The van der Waals surface area contributed by atoms with Gasteiger partial charge in [0, 0.05) is 6.42 Å². The molecule has 0 amide bonds. The molecule has 4 N–H and O–H groups in total. The number of hydrogen-bond acceptors (Lipinski definition) is 4. The Morgan fingerprint density at radius 3 is 2.26 bits per heavy atom. The normalized spacial score (nSPS) is 16.0. The molecule has 0 spiro atoms. The molecule has 3 unspecified atom stereocenters. The van der Waals surface area contributed by atoms with Crippen molar-refractivity contribution in [3.8, 4) is 0 Å². The average Bonchev–Trinajstić information content (AvgIpc) is 2.51. The van der Waals surface area contributed by atoms with Gasteiger partial charge in [-0.1, -0.05) is 56.9 Å². The first kappa shape index (κ1) is 21.8. The Balaban J connectivity index is 3.74. The van der Waals surface area contributed by atoms with Crippen molar-refractivity contribution in [3.05, 3.63) is 24.3 Å². The average molecular weight is 328 g/mol. The van der Waals surface area contributed by atoms with Gasteiger partial charge in [-0.25, -0.2) is 0 Å². The van der Waals surface area contributed by atoms with Crippen molar-refractivity contribution >= 4 is 5.97 Å². The smallest absolute Gasteiger partial charge is 0.303 e. The summed E-state index contributed by atoms with van der Waals surface area (Å²) < 4.78 is 0. The Morgan fingerprint density at radius 2 is 1.61 bits per heavy atom. The van der Waals surface area contributed by atoms with E-state index in [1.54, 1.807) is 0 Å². The highest BCUT2D eigenvalue weighted by Crippen LogP contribution is 2.11. The zero-order chi connectivity index (χ0) is 17.5. The van der Waals surface area contributed by atoms with Crippen molar-refractivity contribution in [2.45, 2.75) is 83.0 Å². The van der Waals surface area contributed by atoms with Gasteiger partial charge in [-0.05, 0) is 25.7 Å². The lowest BCUT2D eigenvalue weighted by Gasteiger charge is -2.14. The van der Waals surface area contributed by atoms with Crippen molar-refractivity contribution in [1.29, 1.82) is 0 Å². The molecule has 134 valence electrons. The predicted molar refractivity (Wildman–Crippen MR) is 91.2 cm³/mol. The second kappa shape index (κ2) is 14.4. The molecule has 5 nitrogen and oxygen atoms in total. The van der Waals surface area contributed by atoms with Crippen LogP contribution in [0.1, 0.15) is 64.7 Å². The molecule has 0 aromatic heterocycles. The van der Waals surface area contributed by atoms with Gasteiger partial charge in [0.15, 0.2) is 0 Å². The molecule has 3 atom stereocenters. The summed E-state index contributed by atoms with van der Waals surface area (Å²) in [4.78, 5) is 10.3. The van der Waals surface area contributed by atoms with Crippen molar-refractivity contribution in [3.63, 3.8) is 0 Å². The Labute approximate surface area is 139 Å². The monoisotopic (exact) mass is 328 g/mol. The third-order valence-corrected chi connectivity index (χ3v) is 3.60. The SMILES string of the molecule is CC/C=C\CC(O)/C=C/C(O)C(O)CCCCCCCC(=O)O. The van der Waals surface area contributed by atoms with E-state index in [2.05, 4.69) is 0 Å². The molecule has 0 rings (SSSR count). The van der Waals surface area contributed by atoms with Crippen LogP contribution in [0.4, 0.5) is 0 Å². The fraction of sp³-hybridized carbons (Fsp3) is 0.722. The summed E-state index contributed by atoms with van der Waals surface area (Å²) >= 11 is 0. The second-order valence-corrected chi connectivity index (χ2v) is 5.83. The van der Waals surface area contributed by atoms with E-state index in [-0.39, 0.29) is 6.42 Å². The lowest BCUT2D eigenvalue weighted by molar-refractivity contribution is -0.137. The number of allylic oxidation sites excluding steroid dienone is 1. The topological polar surface area (TPSA) is 98.0 Å². The van der Waals surface area contributed by atoms with Gasteiger partial charge in [-0.15, -0.1) is 0 Å². The molecule has 0 heterocycles. The third kappa shape index (κ3) is 14.2. The lowest BCUT2D eigenvalue weighted by atomic mass is 10.0. The minimum Gasteiger partial charge on any atom is -0.481 e. The number of hydrogen-bond donors (Lipinski definition) is 4. The van der Waals surface area contributed by atoms with Crippen molar-refractivity contribution in [1.82, 2.24) is 0 Å². The maximum atomic E-state index is 10.3. The van der Waals surface area contributed by atoms with Gasteiger partial charge in [0.05, 0.1) is 18.3 Å². The second-order valence-electron chi connectivity index (χ2n) is 5.83. The highest BCUT2D eigenvalue weighted by molar-refractivity contribution is 5.66. The highest BCUT2D eigenvalue weighted by atomic mass is 16.4. The van der Waals surface area contributed by atoms with Crippen LogP contribution in [0.5, 0.6) is 0 Å². The Hall–Kier alpha value is -1.17. The summed E-state index contributed by atoms with van der Waals surface area (Å²) in [5.74, 6) is -0.761. The number of carboxylic acids is 1. The Kier molecular flexibility index (Phi) is 13.7. The van der Waals surface area contributed by atoms with Crippen LogP contribution in [0.15, 0.2) is 24.3 Å². The minimum absolute atomic E-state index is 0.210. The van der Waals surface area contributed by atoms with E-state index >= 15 is 0 Å². The van der Waals surface area contributed by atoms with Crippen LogP contribution in [-0.2, 0) is 4.79 Å². The van der Waals surface area contributed by atoms with E-state index in [4.69, 9.17) is 5.11 Å². The molecule has 0 aliphatic carbocycles. The summed E-state index contributed by atoms with van der Waals surface area (Å²) in [6.07, 6.45) is 10.7. The largest absolute Gasteiger partial charge is 0.481 e. The number of unbranched alkanes of at least 4 members (excludes halogenated alkanes) is 4. The van der Waals surface area contributed by atoms with Crippen LogP contribution in [0.25, 0.3) is 0 Å². The van der Waals surface area contributed by atoms with Crippen molar-refractivity contribution in [2.24, 2.45) is 0 Å². The van der Waals surface area contributed by atoms with E-state index in [1.165, 1.54) is 12.2 Å². The number of aliphatic hydroxyl groups is 3. The summed E-state index contributed by atoms with van der Waals surface area (Å²) in [7, 11) is 0. The molecule has 0 saturated carbocycles. The maximum absolute atomic E-state index is 10.3. The minimum atomic E-state index is -0.966. The Bertz CT molecular complexity index is 351. The zero-order valence-corrected chi connectivity index (χ0v) is 14.1. The van der Waals surface area contributed by atoms with E-state index < -0.39 is 24.3 Å². The standard InChI is InChI=1S/C18H32O5/c1-2-3-7-10-15(19)13-14-17(21)16(20)11-8-5-4-6-9-12-18(22)23/h3,7,13-17,19-21H,2,4-6,8-12H2,1H3,(H,22,23)/b7-3-,14-13+. The highest BCUT2D eigenvalue weighted by Gasteiger charge is 2.13. The number of aliphatic carboxylic acids is 1. The molecule has 23 heavy (non-hydrogen) atoms. The summed E-state index contributed by atoms with van der Waals surface area (Å²) in [6, 6.07) is 0. The molecule has 0 saturated heterocycles. The van der Waals surface area contributed by atoms with Crippen molar-refractivity contribution < 1.29 is 25.2 Å². The van der Waals surface area contributed by atoms with Gasteiger partial charge in [-0.2, -0.15) is 0 Å². The fourth-order valence-corrected chi connectivity index (χ4v) is 2.18. The molecule has 0 aromatic carbocycles. The van der Waals surface area contributed by atoms with Crippen LogP contribution in [0.3, 0.4) is 0 Å². The van der Waals surface area contributed by atoms with Crippen LogP contribution < -0.4 is 0 Å².